The molecule has 148 valence electrons. The Kier molecular flexibility index (Phi) is 5.69. The highest BCUT2D eigenvalue weighted by Gasteiger charge is 2.46. The number of carbonyl (C=O) groups is 1. The van der Waals surface area contributed by atoms with Gasteiger partial charge < -0.3 is 10.1 Å². The van der Waals surface area contributed by atoms with Crippen molar-refractivity contribution in [2.45, 2.75) is 44.2 Å². The number of nitrogens with zero attached hydrogens (tertiary/aromatic N) is 2. The van der Waals surface area contributed by atoms with Crippen molar-refractivity contribution >= 4 is 5.91 Å². The molecule has 0 aromatic heterocycles. The molecule has 3 aliphatic rings. The van der Waals surface area contributed by atoms with E-state index in [1.165, 1.54) is 24.8 Å². The van der Waals surface area contributed by atoms with Crippen LogP contribution in [0.3, 0.4) is 0 Å². The summed E-state index contributed by atoms with van der Waals surface area (Å²) in [4.78, 5) is 17.4. The first-order valence-electron chi connectivity index (χ1n) is 10.5. The SMILES string of the molecule is COc1ccc([C@H]2[C@@H]3CN(CC(=O)NC4CCCCC4)C[C@@H]3CN2C)cc1. The molecule has 1 amide bonds. The van der Waals surface area contributed by atoms with Gasteiger partial charge in [-0.1, -0.05) is 31.4 Å². The summed E-state index contributed by atoms with van der Waals surface area (Å²) >= 11 is 0. The van der Waals surface area contributed by atoms with Crippen LogP contribution in [0.1, 0.15) is 43.7 Å². The van der Waals surface area contributed by atoms with Crippen molar-refractivity contribution < 1.29 is 9.53 Å². The van der Waals surface area contributed by atoms with Crippen LogP contribution in [0, 0.1) is 11.8 Å². The third kappa shape index (κ3) is 4.14. The zero-order valence-corrected chi connectivity index (χ0v) is 16.7. The quantitative estimate of drug-likeness (QED) is 0.864. The number of hydrogen-bond acceptors (Lipinski definition) is 4. The van der Waals surface area contributed by atoms with E-state index in [0.29, 0.717) is 30.5 Å². The zero-order chi connectivity index (χ0) is 18.8. The summed E-state index contributed by atoms with van der Waals surface area (Å²) in [5, 5.41) is 3.27. The third-order valence-electron chi connectivity index (χ3n) is 6.76. The lowest BCUT2D eigenvalue weighted by Crippen LogP contribution is -2.43. The maximum absolute atomic E-state index is 12.5. The Morgan fingerprint density at radius 1 is 1.11 bits per heavy atom. The lowest BCUT2D eigenvalue weighted by molar-refractivity contribution is -0.123. The van der Waals surface area contributed by atoms with Crippen LogP contribution < -0.4 is 10.1 Å². The summed E-state index contributed by atoms with van der Waals surface area (Å²) in [6, 6.07) is 9.35. The van der Waals surface area contributed by atoms with Crippen LogP contribution in [-0.2, 0) is 4.79 Å². The second kappa shape index (κ2) is 8.19. The zero-order valence-electron chi connectivity index (χ0n) is 16.7. The lowest BCUT2D eigenvalue weighted by Gasteiger charge is -2.27. The molecule has 5 heteroatoms. The number of fused-ring (bicyclic) bond motifs is 1. The van der Waals surface area contributed by atoms with Gasteiger partial charge in [-0.05, 0) is 49.4 Å². The van der Waals surface area contributed by atoms with E-state index in [-0.39, 0.29) is 5.91 Å². The second-order valence-electron chi connectivity index (χ2n) is 8.68. The second-order valence-corrected chi connectivity index (χ2v) is 8.68. The van der Waals surface area contributed by atoms with Gasteiger partial charge in [0, 0.05) is 31.7 Å². The summed E-state index contributed by atoms with van der Waals surface area (Å²) in [5.41, 5.74) is 1.36. The van der Waals surface area contributed by atoms with Crippen LogP contribution in [0.15, 0.2) is 24.3 Å². The van der Waals surface area contributed by atoms with Crippen molar-refractivity contribution in [3.63, 3.8) is 0 Å². The van der Waals surface area contributed by atoms with Gasteiger partial charge >= 0.3 is 0 Å². The van der Waals surface area contributed by atoms with Crippen molar-refractivity contribution in [3.8, 4) is 5.75 Å². The predicted molar refractivity (Wildman–Crippen MR) is 107 cm³/mol. The smallest absolute Gasteiger partial charge is 0.234 e. The van der Waals surface area contributed by atoms with Gasteiger partial charge in [0.15, 0.2) is 0 Å². The van der Waals surface area contributed by atoms with Crippen LogP contribution in [0.2, 0.25) is 0 Å². The first kappa shape index (κ1) is 18.8. The molecule has 0 unspecified atom stereocenters. The molecule has 2 saturated heterocycles. The summed E-state index contributed by atoms with van der Waals surface area (Å²) < 4.78 is 5.30. The van der Waals surface area contributed by atoms with E-state index in [2.05, 4.69) is 46.4 Å². The van der Waals surface area contributed by atoms with Gasteiger partial charge in [0.05, 0.1) is 13.7 Å². The van der Waals surface area contributed by atoms with Gasteiger partial charge in [-0.15, -0.1) is 0 Å². The van der Waals surface area contributed by atoms with Gasteiger partial charge in [-0.25, -0.2) is 0 Å². The lowest BCUT2D eigenvalue weighted by atomic mass is 9.89. The molecular formula is C22H33N3O2. The van der Waals surface area contributed by atoms with Crippen LogP contribution in [-0.4, -0.2) is 62.1 Å². The minimum absolute atomic E-state index is 0.219. The van der Waals surface area contributed by atoms with E-state index in [1.54, 1.807) is 7.11 Å². The van der Waals surface area contributed by atoms with Crippen molar-refractivity contribution in [3.05, 3.63) is 29.8 Å². The molecule has 2 aliphatic heterocycles. The number of ether oxygens (including phenoxy) is 1. The Balaban J connectivity index is 1.35. The van der Waals surface area contributed by atoms with Crippen molar-refractivity contribution in [2.24, 2.45) is 11.8 Å². The molecule has 0 radical (unpaired) electrons. The van der Waals surface area contributed by atoms with Crippen molar-refractivity contribution in [1.82, 2.24) is 15.1 Å². The number of benzene rings is 1. The number of amides is 1. The molecule has 3 atom stereocenters. The fourth-order valence-electron chi connectivity index (χ4n) is 5.51. The third-order valence-corrected chi connectivity index (χ3v) is 6.76. The molecule has 5 nitrogen and oxygen atoms in total. The molecule has 1 N–H and O–H groups in total. The summed E-state index contributed by atoms with van der Waals surface area (Å²) in [6.07, 6.45) is 6.15. The predicted octanol–water partition coefficient (Wildman–Crippen LogP) is 2.68. The number of rotatable bonds is 5. The number of nitrogens with one attached hydrogen (secondary N) is 1. The molecule has 3 fully saturated rings. The Hall–Kier alpha value is -1.59. The molecule has 1 saturated carbocycles. The number of carbonyl (C=O) groups excluding carboxylic acids is 1. The molecule has 1 aromatic carbocycles. The molecule has 2 heterocycles. The summed E-state index contributed by atoms with van der Waals surface area (Å²) in [7, 11) is 3.94. The molecule has 0 bridgehead atoms. The van der Waals surface area contributed by atoms with Gasteiger partial charge in [0.25, 0.3) is 0 Å². The van der Waals surface area contributed by atoms with Crippen LogP contribution >= 0.6 is 0 Å². The average molecular weight is 372 g/mol. The van der Waals surface area contributed by atoms with E-state index in [0.717, 1.165) is 38.2 Å². The van der Waals surface area contributed by atoms with Crippen LogP contribution in [0.4, 0.5) is 0 Å². The highest BCUT2D eigenvalue weighted by molar-refractivity contribution is 5.78. The standard InChI is InChI=1S/C22H33N3O2/c1-24-12-17-13-25(15-21(26)23-18-6-4-3-5-7-18)14-20(17)22(24)16-8-10-19(27-2)11-9-16/h8-11,17-18,20,22H,3-7,12-15H2,1-2H3,(H,23,26)/t17-,20+,22-/m0/s1. The number of methoxy groups -OCH3 is 1. The molecule has 1 aliphatic carbocycles. The molecule has 4 rings (SSSR count). The Morgan fingerprint density at radius 3 is 2.56 bits per heavy atom. The maximum atomic E-state index is 12.5. The fourth-order valence-corrected chi connectivity index (χ4v) is 5.51. The molecule has 1 aromatic rings. The molecule has 0 spiro atoms. The minimum atomic E-state index is 0.219. The average Bonchev–Trinajstić information content (AvgIpc) is 3.18. The van der Waals surface area contributed by atoms with Crippen LogP contribution in [0.25, 0.3) is 0 Å². The highest BCUT2D eigenvalue weighted by atomic mass is 16.5. The monoisotopic (exact) mass is 371 g/mol. The number of likely N-dealkylation sites (tertiary alicyclic amines) is 2. The van der Waals surface area contributed by atoms with E-state index in [4.69, 9.17) is 4.74 Å². The Bertz CT molecular complexity index is 641. The van der Waals surface area contributed by atoms with Gasteiger partial charge in [-0.2, -0.15) is 0 Å². The van der Waals surface area contributed by atoms with Gasteiger partial charge in [0.1, 0.15) is 5.75 Å². The number of hydrogen-bond donors (Lipinski definition) is 1. The molecule has 27 heavy (non-hydrogen) atoms. The molecular weight excluding hydrogens is 338 g/mol. The maximum Gasteiger partial charge on any atom is 0.234 e. The van der Waals surface area contributed by atoms with E-state index in [1.807, 2.05) is 0 Å². The fraction of sp³-hybridized carbons (Fsp3) is 0.682. The van der Waals surface area contributed by atoms with Crippen molar-refractivity contribution in [1.29, 1.82) is 0 Å². The first-order valence-corrected chi connectivity index (χ1v) is 10.5. The van der Waals surface area contributed by atoms with Gasteiger partial charge in [0.2, 0.25) is 5.91 Å². The normalized spacial score (nSPS) is 29.6. The summed E-state index contributed by atoms with van der Waals surface area (Å²) in [6.45, 7) is 3.73. The van der Waals surface area contributed by atoms with E-state index < -0.39 is 0 Å². The van der Waals surface area contributed by atoms with Crippen molar-refractivity contribution in [2.75, 3.05) is 40.3 Å². The Morgan fingerprint density at radius 2 is 1.85 bits per heavy atom. The van der Waals surface area contributed by atoms with E-state index >= 15 is 0 Å². The highest BCUT2D eigenvalue weighted by Crippen LogP contribution is 2.44. The topological polar surface area (TPSA) is 44.8 Å². The largest absolute Gasteiger partial charge is 0.497 e. The van der Waals surface area contributed by atoms with Gasteiger partial charge in [-0.3, -0.25) is 14.6 Å². The van der Waals surface area contributed by atoms with E-state index in [9.17, 15) is 4.79 Å². The minimum Gasteiger partial charge on any atom is -0.497 e. The van der Waals surface area contributed by atoms with Crippen LogP contribution in [0.5, 0.6) is 5.75 Å². The summed E-state index contributed by atoms with van der Waals surface area (Å²) in [5.74, 6) is 2.38. The Labute approximate surface area is 163 Å². The first-order chi connectivity index (χ1) is 13.1.